The minimum Gasteiger partial charge on any atom is -0.444 e. The van der Waals surface area contributed by atoms with Crippen LogP contribution in [0.15, 0.2) is 18.2 Å². The number of alkyl carbamates (subject to hydrolysis) is 1. The molecule has 26 heavy (non-hydrogen) atoms. The van der Waals surface area contributed by atoms with Gasteiger partial charge in [-0.2, -0.15) is 8.78 Å². The van der Waals surface area contributed by atoms with E-state index in [-0.39, 0.29) is 5.56 Å². The minimum absolute atomic E-state index is 0.130. The van der Waals surface area contributed by atoms with Crippen molar-refractivity contribution in [3.8, 4) is 0 Å². The topological polar surface area (TPSA) is 55.4 Å². The van der Waals surface area contributed by atoms with Crippen LogP contribution in [0.3, 0.4) is 0 Å². The standard InChI is InChI=1S/C19H24F3NO3/c1-11(23-17(25)26-18(2,3)4)13-9-6-10-14(15(13)20)19(21,22)16(24)12-7-5-8-12/h6,9-12H,5,7-8H2,1-4H3,(H,23,25)/t11-/m1/s1. The summed E-state index contributed by atoms with van der Waals surface area (Å²) in [4.78, 5) is 23.8. The molecule has 0 aromatic heterocycles. The van der Waals surface area contributed by atoms with Gasteiger partial charge in [0.05, 0.1) is 11.6 Å². The first kappa shape index (κ1) is 20.3. The second-order valence-electron chi connectivity index (χ2n) is 7.64. The van der Waals surface area contributed by atoms with E-state index in [0.29, 0.717) is 12.8 Å². The van der Waals surface area contributed by atoms with Gasteiger partial charge < -0.3 is 10.1 Å². The Morgan fingerprint density at radius 3 is 2.35 bits per heavy atom. The number of hydrogen-bond acceptors (Lipinski definition) is 3. The van der Waals surface area contributed by atoms with E-state index in [2.05, 4.69) is 5.32 Å². The number of ether oxygens (including phenoxy) is 1. The molecular formula is C19H24F3NO3. The molecule has 4 nitrogen and oxygen atoms in total. The zero-order chi connectivity index (χ0) is 19.7. The molecule has 144 valence electrons. The highest BCUT2D eigenvalue weighted by Gasteiger charge is 2.48. The van der Waals surface area contributed by atoms with Crippen LogP contribution in [0.1, 0.15) is 64.1 Å². The third-order valence-corrected chi connectivity index (χ3v) is 4.35. The van der Waals surface area contributed by atoms with Gasteiger partial charge in [-0.05, 0) is 46.6 Å². The largest absolute Gasteiger partial charge is 0.444 e. The van der Waals surface area contributed by atoms with Crippen LogP contribution in [0.5, 0.6) is 0 Å². The summed E-state index contributed by atoms with van der Waals surface area (Å²) >= 11 is 0. The molecule has 0 radical (unpaired) electrons. The van der Waals surface area contributed by atoms with Crippen LogP contribution in [0.4, 0.5) is 18.0 Å². The maximum absolute atomic E-state index is 14.7. The summed E-state index contributed by atoms with van der Waals surface area (Å²) in [5.74, 6) is -7.04. The van der Waals surface area contributed by atoms with Gasteiger partial charge in [-0.1, -0.05) is 18.6 Å². The van der Waals surface area contributed by atoms with Crippen LogP contribution in [-0.4, -0.2) is 17.5 Å². The number of halogens is 3. The maximum atomic E-state index is 14.7. The second kappa shape index (κ2) is 7.29. The molecule has 2 rings (SSSR count). The second-order valence-corrected chi connectivity index (χ2v) is 7.64. The normalized spacial score (nSPS) is 16.6. The fraction of sp³-hybridized carbons (Fsp3) is 0.579. The number of ketones is 1. The zero-order valence-corrected chi connectivity index (χ0v) is 15.4. The van der Waals surface area contributed by atoms with Gasteiger partial charge in [-0.3, -0.25) is 4.79 Å². The molecule has 0 heterocycles. The van der Waals surface area contributed by atoms with Crippen molar-refractivity contribution < 1.29 is 27.5 Å². The summed E-state index contributed by atoms with van der Waals surface area (Å²) < 4.78 is 48.8. The summed E-state index contributed by atoms with van der Waals surface area (Å²) in [5, 5.41) is 2.42. The van der Waals surface area contributed by atoms with Gasteiger partial charge in [0, 0.05) is 11.5 Å². The van der Waals surface area contributed by atoms with Crippen molar-refractivity contribution in [1.29, 1.82) is 0 Å². The summed E-state index contributed by atoms with van der Waals surface area (Å²) in [6.45, 7) is 6.47. The lowest BCUT2D eigenvalue weighted by Crippen LogP contribution is -2.37. The van der Waals surface area contributed by atoms with E-state index in [1.807, 2.05) is 0 Å². The van der Waals surface area contributed by atoms with Crippen LogP contribution in [0.2, 0.25) is 0 Å². The molecule has 0 spiro atoms. The number of hydrogen-bond donors (Lipinski definition) is 1. The highest BCUT2D eigenvalue weighted by molar-refractivity contribution is 5.89. The Kier molecular flexibility index (Phi) is 5.68. The van der Waals surface area contributed by atoms with E-state index < -0.39 is 46.7 Å². The molecule has 0 bridgehead atoms. The van der Waals surface area contributed by atoms with Crippen molar-refractivity contribution in [3.05, 3.63) is 35.1 Å². The number of benzene rings is 1. The summed E-state index contributed by atoms with van der Waals surface area (Å²) in [6, 6.07) is 2.56. The first-order valence-corrected chi connectivity index (χ1v) is 8.64. The average molecular weight is 371 g/mol. The first-order chi connectivity index (χ1) is 11.9. The molecule has 1 N–H and O–H groups in total. The van der Waals surface area contributed by atoms with E-state index in [4.69, 9.17) is 4.74 Å². The lowest BCUT2D eigenvalue weighted by atomic mass is 9.78. The molecule has 1 aliphatic rings. The lowest BCUT2D eigenvalue weighted by Gasteiger charge is -2.29. The Hall–Kier alpha value is -2.05. The third-order valence-electron chi connectivity index (χ3n) is 4.35. The number of rotatable bonds is 5. The van der Waals surface area contributed by atoms with Crippen molar-refractivity contribution in [3.63, 3.8) is 0 Å². The summed E-state index contributed by atoms with van der Waals surface area (Å²) in [7, 11) is 0. The van der Waals surface area contributed by atoms with Crippen LogP contribution in [-0.2, 0) is 15.5 Å². The van der Waals surface area contributed by atoms with Gasteiger partial charge in [0.15, 0.2) is 0 Å². The van der Waals surface area contributed by atoms with Gasteiger partial charge in [-0.15, -0.1) is 0 Å². The van der Waals surface area contributed by atoms with Crippen molar-refractivity contribution in [2.24, 2.45) is 5.92 Å². The Morgan fingerprint density at radius 2 is 1.85 bits per heavy atom. The SMILES string of the molecule is C[C@@H](NC(=O)OC(C)(C)C)c1cccc(C(F)(F)C(=O)C2CCC2)c1F. The highest BCUT2D eigenvalue weighted by Crippen LogP contribution is 2.40. The molecule has 1 aromatic carbocycles. The number of nitrogens with one attached hydrogen (secondary N) is 1. The lowest BCUT2D eigenvalue weighted by molar-refractivity contribution is -0.152. The average Bonchev–Trinajstić information content (AvgIpc) is 2.42. The maximum Gasteiger partial charge on any atom is 0.408 e. The predicted octanol–water partition coefficient (Wildman–Crippen LogP) is 4.87. The molecule has 0 unspecified atom stereocenters. The highest BCUT2D eigenvalue weighted by atomic mass is 19.3. The van der Waals surface area contributed by atoms with Crippen LogP contribution >= 0.6 is 0 Å². The number of amides is 1. The molecule has 0 aliphatic heterocycles. The van der Waals surface area contributed by atoms with E-state index in [9.17, 15) is 22.8 Å². The Labute approximate surface area is 151 Å². The molecule has 1 aromatic rings. The fourth-order valence-corrected chi connectivity index (χ4v) is 2.75. The molecule has 1 saturated carbocycles. The third kappa shape index (κ3) is 4.37. The molecule has 0 saturated heterocycles. The predicted molar refractivity (Wildman–Crippen MR) is 90.4 cm³/mol. The Bertz CT molecular complexity index is 694. The molecule has 1 atom stereocenters. The number of carbonyl (C=O) groups excluding carboxylic acids is 2. The van der Waals surface area contributed by atoms with Crippen molar-refractivity contribution in [1.82, 2.24) is 5.32 Å². The van der Waals surface area contributed by atoms with Gasteiger partial charge in [-0.25, -0.2) is 9.18 Å². The van der Waals surface area contributed by atoms with E-state index in [1.165, 1.54) is 19.1 Å². The van der Waals surface area contributed by atoms with E-state index in [0.717, 1.165) is 12.5 Å². The van der Waals surface area contributed by atoms with E-state index in [1.54, 1.807) is 20.8 Å². The van der Waals surface area contributed by atoms with Gasteiger partial charge >= 0.3 is 12.0 Å². The minimum atomic E-state index is -3.89. The first-order valence-electron chi connectivity index (χ1n) is 8.64. The molecule has 1 amide bonds. The molecule has 7 heteroatoms. The molecule has 1 fully saturated rings. The fourth-order valence-electron chi connectivity index (χ4n) is 2.75. The van der Waals surface area contributed by atoms with Crippen LogP contribution < -0.4 is 5.32 Å². The van der Waals surface area contributed by atoms with Crippen molar-refractivity contribution in [2.75, 3.05) is 0 Å². The number of carbonyl (C=O) groups is 2. The van der Waals surface area contributed by atoms with Gasteiger partial charge in [0.1, 0.15) is 11.4 Å². The smallest absolute Gasteiger partial charge is 0.408 e. The quantitative estimate of drug-likeness (QED) is 0.803. The number of Topliss-reactive ketones (excluding diaryl/α,β-unsaturated/α-hetero) is 1. The zero-order valence-electron chi connectivity index (χ0n) is 15.4. The van der Waals surface area contributed by atoms with Gasteiger partial charge in [0.25, 0.3) is 0 Å². The van der Waals surface area contributed by atoms with Crippen molar-refractivity contribution >= 4 is 11.9 Å². The Balaban J connectivity index is 2.22. The van der Waals surface area contributed by atoms with Crippen molar-refractivity contribution in [2.45, 2.75) is 64.5 Å². The Morgan fingerprint density at radius 1 is 1.23 bits per heavy atom. The summed E-state index contributed by atoms with van der Waals surface area (Å²) in [5.41, 5.74) is -1.83. The monoisotopic (exact) mass is 371 g/mol. The number of alkyl halides is 2. The van der Waals surface area contributed by atoms with Gasteiger partial charge in [0.2, 0.25) is 5.78 Å². The summed E-state index contributed by atoms with van der Waals surface area (Å²) in [6.07, 6.45) is 0.761. The van der Waals surface area contributed by atoms with Crippen LogP contribution in [0, 0.1) is 11.7 Å². The molecular weight excluding hydrogens is 347 g/mol. The van der Waals surface area contributed by atoms with Crippen LogP contribution in [0.25, 0.3) is 0 Å². The molecule has 1 aliphatic carbocycles. The van der Waals surface area contributed by atoms with E-state index >= 15 is 0 Å².